The number of hydrogen-bond donors (Lipinski definition) is 2. The Kier molecular flexibility index (Phi) is 9.33. The van der Waals surface area contributed by atoms with Gasteiger partial charge >= 0.3 is 0 Å². The van der Waals surface area contributed by atoms with Crippen molar-refractivity contribution in [2.75, 3.05) is 13.1 Å². The van der Waals surface area contributed by atoms with Gasteiger partial charge in [0.1, 0.15) is 0 Å². The molecule has 0 fully saturated rings. The molecule has 18 heavy (non-hydrogen) atoms. The Hall–Kier alpha value is -1.06. The molecule has 0 aliphatic rings. The fourth-order valence-corrected chi connectivity index (χ4v) is 1.86. The summed E-state index contributed by atoms with van der Waals surface area (Å²) in [5, 5.41) is 2.95. The molecule has 1 aromatic rings. The van der Waals surface area contributed by atoms with Gasteiger partial charge in [0.2, 0.25) is 5.91 Å². The smallest absolute Gasteiger partial charge is 0.227 e. The van der Waals surface area contributed by atoms with Crippen LogP contribution in [0.2, 0.25) is 0 Å². The van der Waals surface area contributed by atoms with Gasteiger partial charge in [0.15, 0.2) is 0 Å². The first-order valence-electron chi connectivity index (χ1n) is 6.32. The second-order valence-electron chi connectivity index (χ2n) is 4.19. The molecule has 0 saturated heterocycles. The first kappa shape index (κ1) is 16.9. The quantitative estimate of drug-likeness (QED) is 0.748. The van der Waals surface area contributed by atoms with E-state index in [0.717, 1.165) is 24.8 Å². The lowest BCUT2D eigenvalue weighted by atomic mass is 9.93. The van der Waals surface area contributed by atoms with E-state index in [9.17, 15) is 4.79 Å². The lowest BCUT2D eigenvalue weighted by Gasteiger charge is -2.16. The molecular formula is C14H23ClN2O. The number of carbonyl (C=O) groups excluding carboxylic acids is 1. The number of hydrogen-bond acceptors (Lipinski definition) is 2. The van der Waals surface area contributed by atoms with Crippen molar-refractivity contribution in [3.05, 3.63) is 35.9 Å². The third-order valence-electron chi connectivity index (χ3n) is 2.78. The largest absolute Gasteiger partial charge is 0.356 e. The molecule has 1 rings (SSSR count). The zero-order chi connectivity index (χ0) is 12.5. The molecule has 0 saturated carbocycles. The van der Waals surface area contributed by atoms with Crippen LogP contribution in [0.3, 0.4) is 0 Å². The van der Waals surface area contributed by atoms with E-state index in [0.29, 0.717) is 13.1 Å². The predicted molar refractivity (Wildman–Crippen MR) is 78.0 cm³/mol. The maximum Gasteiger partial charge on any atom is 0.227 e. The Morgan fingerprint density at radius 3 is 2.56 bits per heavy atom. The van der Waals surface area contributed by atoms with Crippen LogP contribution >= 0.6 is 12.4 Å². The normalized spacial score (nSPS) is 11.4. The summed E-state index contributed by atoms with van der Waals surface area (Å²) in [5.41, 5.74) is 6.51. The van der Waals surface area contributed by atoms with Crippen LogP contribution in [0.4, 0.5) is 0 Å². The van der Waals surface area contributed by atoms with Crippen LogP contribution in [-0.2, 0) is 4.79 Å². The first-order chi connectivity index (χ1) is 8.29. The van der Waals surface area contributed by atoms with Crippen LogP contribution in [0.15, 0.2) is 30.3 Å². The number of rotatable bonds is 7. The van der Waals surface area contributed by atoms with Gasteiger partial charge in [0.05, 0.1) is 5.92 Å². The fraction of sp³-hybridized carbons (Fsp3) is 0.500. The Morgan fingerprint density at radius 2 is 2.00 bits per heavy atom. The molecule has 0 heterocycles. The summed E-state index contributed by atoms with van der Waals surface area (Å²) in [6, 6.07) is 9.96. The van der Waals surface area contributed by atoms with Crippen molar-refractivity contribution >= 4 is 18.3 Å². The molecule has 3 nitrogen and oxygen atoms in total. The third kappa shape index (κ3) is 5.52. The van der Waals surface area contributed by atoms with Gasteiger partial charge in [0, 0.05) is 6.54 Å². The Morgan fingerprint density at radius 1 is 1.33 bits per heavy atom. The molecule has 0 bridgehead atoms. The molecule has 3 N–H and O–H groups in total. The minimum atomic E-state index is -0.0287. The lowest BCUT2D eigenvalue weighted by molar-refractivity contribution is -0.122. The highest BCUT2D eigenvalue weighted by molar-refractivity contribution is 5.85. The van der Waals surface area contributed by atoms with Gasteiger partial charge < -0.3 is 11.1 Å². The molecule has 0 aliphatic carbocycles. The van der Waals surface area contributed by atoms with Gasteiger partial charge in [0.25, 0.3) is 0 Å². The molecule has 0 aromatic heterocycles. The van der Waals surface area contributed by atoms with E-state index in [4.69, 9.17) is 5.73 Å². The van der Waals surface area contributed by atoms with Crippen LogP contribution < -0.4 is 11.1 Å². The topological polar surface area (TPSA) is 55.1 Å². The van der Waals surface area contributed by atoms with Crippen LogP contribution in [0.1, 0.15) is 37.7 Å². The Balaban J connectivity index is 0.00000289. The van der Waals surface area contributed by atoms with Crippen LogP contribution in [0.5, 0.6) is 0 Å². The van der Waals surface area contributed by atoms with Crippen molar-refractivity contribution in [1.29, 1.82) is 0 Å². The molecule has 0 spiro atoms. The van der Waals surface area contributed by atoms with E-state index in [2.05, 4.69) is 12.2 Å². The van der Waals surface area contributed by atoms with E-state index in [1.54, 1.807) is 0 Å². The van der Waals surface area contributed by atoms with Crippen molar-refractivity contribution in [1.82, 2.24) is 5.32 Å². The summed E-state index contributed by atoms with van der Waals surface area (Å²) in [4.78, 5) is 12.1. The fourth-order valence-electron chi connectivity index (χ4n) is 1.86. The molecule has 4 heteroatoms. The van der Waals surface area contributed by atoms with Crippen molar-refractivity contribution < 1.29 is 4.79 Å². The van der Waals surface area contributed by atoms with Gasteiger partial charge in [-0.3, -0.25) is 4.79 Å². The SMILES string of the molecule is CCCC(C(=O)NCCCN)c1ccccc1.Cl. The van der Waals surface area contributed by atoms with E-state index < -0.39 is 0 Å². The van der Waals surface area contributed by atoms with E-state index >= 15 is 0 Å². The number of benzene rings is 1. The molecule has 1 aromatic carbocycles. The number of nitrogens with two attached hydrogens (primary N) is 1. The van der Waals surface area contributed by atoms with Crippen LogP contribution in [-0.4, -0.2) is 19.0 Å². The molecule has 1 amide bonds. The summed E-state index contributed by atoms with van der Waals surface area (Å²) in [7, 11) is 0. The second-order valence-corrected chi connectivity index (χ2v) is 4.19. The average Bonchev–Trinajstić information content (AvgIpc) is 2.37. The summed E-state index contributed by atoms with van der Waals surface area (Å²) in [6.07, 6.45) is 2.72. The Bertz CT molecular complexity index is 330. The number of amides is 1. The maximum atomic E-state index is 12.1. The number of halogens is 1. The third-order valence-corrected chi connectivity index (χ3v) is 2.78. The van der Waals surface area contributed by atoms with Crippen molar-refractivity contribution in [2.45, 2.75) is 32.1 Å². The minimum absolute atomic E-state index is 0. The predicted octanol–water partition coefficient (Wildman–Crippen LogP) is 2.46. The van der Waals surface area contributed by atoms with Gasteiger partial charge in [-0.2, -0.15) is 0 Å². The zero-order valence-corrected chi connectivity index (χ0v) is 11.7. The maximum absolute atomic E-state index is 12.1. The standard InChI is InChI=1S/C14H22N2O.ClH/c1-2-7-13(12-8-4-3-5-9-12)14(17)16-11-6-10-15;/h3-5,8-9,13H,2,6-7,10-11,15H2,1H3,(H,16,17);1H. The molecule has 0 aliphatic heterocycles. The molecule has 0 radical (unpaired) electrons. The minimum Gasteiger partial charge on any atom is -0.356 e. The molecule has 1 unspecified atom stereocenters. The summed E-state index contributed by atoms with van der Waals surface area (Å²) < 4.78 is 0. The van der Waals surface area contributed by atoms with Crippen molar-refractivity contribution in [2.24, 2.45) is 5.73 Å². The van der Waals surface area contributed by atoms with Crippen LogP contribution in [0.25, 0.3) is 0 Å². The van der Waals surface area contributed by atoms with Gasteiger partial charge in [-0.25, -0.2) is 0 Å². The van der Waals surface area contributed by atoms with Gasteiger partial charge in [-0.15, -0.1) is 12.4 Å². The van der Waals surface area contributed by atoms with Gasteiger partial charge in [-0.05, 0) is 24.9 Å². The van der Waals surface area contributed by atoms with Gasteiger partial charge in [-0.1, -0.05) is 43.7 Å². The highest BCUT2D eigenvalue weighted by atomic mass is 35.5. The molecular weight excluding hydrogens is 248 g/mol. The van der Waals surface area contributed by atoms with E-state index in [1.807, 2.05) is 30.3 Å². The summed E-state index contributed by atoms with van der Waals surface area (Å²) in [5.74, 6) is 0.0884. The molecule has 102 valence electrons. The number of nitrogens with one attached hydrogen (secondary N) is 1. The highest BCUT2D eigenvalue weighted by Crippen LogP contribution is 2.21. The van der Waals surface area contributed by atoms with Crippen LogP contribution in [0, 0.1) is 0 Å². The van der Waals surface area contributed by atoms with Crippen molar-refractivity contribution in [3.63, 3.8) is 0 Å². The molecule has 1 atom stereocenters. The Labute approximate surface area is 116 Å². The lowest BCUT2D eigenvalue weighted by Crippen LogP contribution is -2.31. The van der Waals surface area contributed by atoms with E-state index in [-0.39, 0.29) is 24.2 Å². The van der Waals surface area contributed by atoms with Crippen molar-refractivity contribution in [3.8, 4) is 0 Å². The highest BCUT2D eigenvalue weighted by Gasteiger charge is 2.18. The summed E-state index contributed by atoms with van der Waals surface area (Å²) >= 11 is 0. The van der Waals surface area contributed by atoms with E-state index in [1.165, 1.54) is 0 Å². The summed E-state index contributed by atoms with van der Waals surface area (Å²) in [6.45, 7) is 3.38. The monoisotopic (exact) mass is 270 g/mol. The first-order valence-corrected chi connectivity index (χ1v) is 6.32. The second kappa shape index (κ2) is 9.92. The zero-order valence-electron chi connectivity index (χ0n) is 10.9. The average molecular weight is 271 g/mol. The number of carbonyl (C=O) groups is 1.